The number of hydrogen-bond acceptors (Lipinski definition) is 4. The van der Waals surface area contributed by atoms with E-state index >= 15 is 0 Å². The first kappa shape index (κ1) is 19.5. The lowest BCUT2D eigenvalue weighted by Gasteiger charge is -2.15. The Labute approximate surface area is 153 Å². The fourth-order valence-electron chi connectivity index (χ4n) is 2.29. The van der Waals surface area contributed by atoms with Crippen LogP contribution in [0.15, 0.2) is 53.4 Å². The van der Waals surface area contributed by atoms with Gasteiger partial charge in [0, 0.05) is 32.0 Å². The molecule has 0 saturated heterocycles. The van der Waals surface area contributed by atoms with Crippen LogP contribution in [0.5, 0.6) is 0 Å². The summed E-state index contributed by atoms with van der Waals surface area (Å²) in [5.74, 6) is 0.672. The Hall–Kier alpha value is -1.83. The number of nitrogens with zero attached hydrogens (tertiary/aromatic N) is 1. The molecule has 2 aromatic rings. The van der Waals surface area contributed by atoms with Crippen molar-refractivity contribution in [2.24, 2.45) is 0 Å². The minimum absolute atomic E-state index is 0.147. The monoisotopic (exact) mass is 378 g/mol. The maximum absolute atomic E-state index is 12.4. The first-order valence-electron chi connectivity index (χ1n) is 7.72. The lowest BCUT2D eigenvalue weighted by atomic mass is 10.1. The van der Waals surface area contributed by atoms with Gasteiger partial charge in [0.15, 0.2) is 0 Å². The molecule has 0 unspecified atom stereocenters. The zero-order chi connectivity index (χ0) is 18.4. The highest BCUT2D eigenvalue weighted by Crippen LogP contribution is 2.18. The second-order valence-corrected chi connectivity index (χ2v) is 8.69. The molecule has 0 atom stereocenters. The van der Waals surface area contributed by atoms with E-state index in [1.54, 1.807) is 48.2 Å². The van der Waals surface area contributed by atoms with Gasteiger partial charge in [0.25, 0.3) is 5.91 Å². The van der Waals surface area contributed by atoms with Crippen molar-refractivity contribution >= 4 is 27.7 Å². The fraction of sp³-hybridized carbons (Fsp3) is 0.278. The highest BCUT2D eigenvalue weighted by molar-refractivity contribution is 7.97. The Morgan fingerprint density at radius 1 is 1.08 bits per heavy atom. The Morgan fingerprint density at radius 3 is 2.32 bits per heavy atom. The number of thioether (sulfide) groups is 1. The van der Waals surface area contributed by atoms with Gasteiger partial charge in [-0.15, -0.1) is 0 Å². The summed E-state index contributed by atoms with van der Waals surface area (Å²) in [5.41, 5.74) is 2.27. The molecule has 1 N–H and O–H groups in total. The first-order valence-corrected chi connectivity index (χ1v) is 10.6. The minimum atomic E-state index is -3.55. The maximum Gasteiger partial charge on any atom is 0.251 e. The molecular weight excluding hydrogens is 356 g/mol. The SMILES string of the molecule is CSCc1ccc(C(=O)NCc2ccccc2S(=O)(=O)N(C)C)cc1. The third-order valence-electron chi connectivity index (χ3n) is 3.70. The van der Waals surface area contributed by atoms with E-state index in [-0.39, 0.29) is 17.3 Å². The van der Waals surface area contributed by atoms with Crippen molar-refractivity contribution < 1.29 is 13.2 Å². The normalized spacial score (nSPS) is 11.5. The largest absolute Gasteiger partial charge is 0.348 e. The molecule has 0 bridgehead atoms. The summed E-state index contributed by atoms with van der Waals surface area (Å²) in [6.45, 7) is 0.147. The second-order valence-electron chi connectivity index (χ2n) is 5.71. The predicted molar refractivity (Wildman–Crippen MR) is 102 cm³/mol. The molecule has 0 heterocycles. The van der Waals surface area contributed by atoms with Gasteiger partial charge in [0.05, 0.1) is 4.90 Å². The van der Waals surface area contributed by atoms with Gasteiger partial charge >= 0.3 is 0 Å². The summed E-state index contributed by atoms with van der Waals surface area (Å²) in [6.07, 6.45) is 2.03. The molecule has 1 amide bonds. The second kappa shape index (κ2) is 8.51. The number of rotatable bonds is 7. The molecule has 2 aromatic carbocycles. The highest BCUT2D eigenvalue weighted by Gasteiger charge is 2.20. The summed E-state index contributed by atoms with van der Waals surface area (Å²) in [7, 11) is -0.578. The summed E-state index contributed by atoms with van der Waals surface area (Å²) < 4.78 is 25.9. The standard InChI is InChI=1S/C18H22N2O3S2/c1-20(2)25(22,23)17-7-5-4-6-16(17)12-19-18(21)15-10-8-14(9-11-15)13-24-3/h4-11H,12-13H2,1-3H3,(H,19,21). The van der Waals surface area contributed by atoms with Gasteiger partial charge in [-0.1, -0.05) is 30.3 Å². The van der Waals surface area contributed by atoms with E-state index in [9.17, 15) is 13.2 Å². The van der Waals surface area contributed by atoms with E-state index in [1.165, 1.54) is 14.1 Å². The molecule has 0 spiro atoms. The molecule has 0 aromatic heterocycles. The molecule has 0 aliphatic heterocycles. The van der Waals surface area contributed by atoms with Crippen molar-refractivity contribution in [3.63, 3.8) is 0 Å². The molecule has 7 heteroatoms. The van der Waals surface area contributed by atoms with Crippen LogP contribution in [0.1, 0.15) is 21.5 Å². The molecule has 2 rings (SSSR count). The Balaban J connectivity index is 2.12. The van der Waals surface area contributed by atoms with Crippen LogP contribution in [0.3, 0.4) is 0 Å². The van der Waals surface area contributed by atoms with E-state index in [0.29, 0.717) is 11.1 Å². The average Bonchev–Trinajstić information content (AvgIpc) is 2.60. The van der Waals surface area contributed by atoms with Crippen molar-refractivity contribution in [2.45, 2.75) is 17.2 Å². The molecular formula is C18H22N2O3S2. The smallest absolute Gasteiger partial charge is 0.251 e. The maximum atomic E-state index is 12.4. The highest BCUT2D eigenvalue weighted by atomic mass is 32.2. The third-order valence-corrected chi connectivity index (χ3v) is 6.24. The van der Waals surface area contributed by atoms with E-state index < -0.39 is 10.0 Å². The Morgan fingerprint density at radius 2 is 1.72 bits per heavy atom. The zero-order valence-electron chi connectivity index (χ0n) is 14.5. The van der Waals surface area contributed by atoms with Crippen molar-refractivity contribution in [2.75, 3.05) is 20.4 Å². The van der Waals surface area contributed by atoms with Crippen LogP contribution in [-0.4, -0.2) is 39.0 Å². The van der Waals surface area contributed by atoms with Gasteiger partial charge in [0.1, 0.15) is 0 Å². The van der Waals surface area contributed by atoms with Gasteiger partial charge in [-0.3, -0.25) is 4.79 Å². The number of benzene rings is 2. The lowest BCUT2D eigenvalue weighted by Crippen LogP contribution is -2.27. The number of nitrogens with one attached hydrogen (secondary N) is 1. The molecule has 5 nitrogen and oxygen atoms in total. The predicted octanol–water partition coefficient (Wildman–Crippen LogP) is 2.73. The Kier molecular flexibility index (Phi) is 6.64. The van der Waals surface area contributed by atoms with Crippen LogP contribution < -0.4 is 5.32 Å². The van der Waals surface area contributed by atoms with Crippen LogP contribution in [0.25, 0.3) is 0 Å². The van der Waals surface area contributed by atoms with E-state index in [0.717, 1.165) is 15.6 Å². The van der Waals surface area contributed by atoms with Gasteiger partial charge in [-0.25, -0.2) is 12.7 Å². The van der Waals surface area contributed by atoms with Gasteiger partial charge in [-0.05, 0) is 35.6 Å². The number of hydrogen-bond donors (Lipinski definition) is 1. The fourth-order valence-corrected chi connectivity index (χ4v) is 3.94. The Bertz CT molecular complexity index is 832. The quantitative estimate of drug-likeness (QED) is 0.804. The minimum Gasteiger partial charge on any atom is -0.348 e. The van der Waals surface area contributed by atoms with Crippen molar-refractivity contribution in [1.29, 1.82) is 0 Å². The number of sulfonamides is 1. The van der Waals surface area contributed by atoms with Gasteiger partial charge in [0.2, 0.25) is 10.0 Å². The molecule has 0 radical (unpaired) electrons. The van der Waals surface area contributed by atoms with Crippen LogP contribution in [-0.2, 0) is 22.3 Å². The number of carbonyl (C=O) groups is 1. The molecule has 0 aliphatic carbocycles. The van der Waals surface area contributed by atoms with Crippen LogP contribution in [0.2, 0.25) is 0 Å². The van der Waals surface area contributed by atoms with Crippen molar-refractivity contribution in [1.82, 2.24) is 9.62 Å². The summed E-state index contributed by atoms with van der Waals surface area (Å²) >= 11 is 1.72. The van der Waals surface area contributed by atoms with Crippen LogP contribution in [0.4, 0.5) is 0 Å². The van der Waals surface area contributed by atoms with Gasteiger partial charge in [-0.2, -0.15) is 11.8 Å². The van der Waals surface area contributed by atoms with Gasteiger partial charge < -0.3 is 5.32 Å². The van der Waals surface area contributed by atoms with E-state index in [4.69, 9.17) is 0 Å². The summed E-state index contributed by atoms with van der Waals surface area (Å²) in [5, 5.41) is 2.79. The van der Waals surface area contributed by atoms with Crippen LogP contribution >= 0.6 is 11.8 Å². The lowest BCUT2D eigenvalue weighted by molar-refractivity contribution is 0.0950. The average molecular weight is 379 g/mol. The van der Waals surface area contributed by atoms with E-state index in [2.05, 4.69) is 5.32 Å². The van der Waals surface area contributed by atoms with Crippen molar-refractivity contribution in [3.05, 3.63) is 65.2 Å². The van der Waals surface area contributed by atoms with E-state index in [1.807, 2.05) is 18.4 Å². The third kappa shape index (κ3) is 4.84. The molecule has 25 heavy (non-hydrogen) atoms. The summed E-state index contributed by atoms with van der Waals surface area (Å²) in [4.78, 5) is 12.5. The molecule has 0 fully saturated rings. The van der Waals surface area contributed by atoms with Crippen LogP contribution in [0, 0.1) is 0 Å². The topological polar surface area (TPSA) is 66.5 Å². The summed E-state index contributed by atoms with van der Waals surface area (Å²) in [6, 6.07) is 14.1. The van der Waals surface area contributed by atoms with Crippen molar-refractivity contribution in [3.8, 4) is 0 Å². The molecule has 0 saturated carbocycles. The number of amides is 1. The first-order chi connectivity index (χ1) is 11.9. The molecule has 134 valence electrons. The number of carbonyl (C=O) groups excluding carboxylic acids is 1. The zero-order valence-corrected chi connectivity index (χ0v) is 16.2. The molecule has 0 aliphatic rings.